The first-order chi connectivity index (χ1) is 11.2. The van der Waals surface area contributed by atoms with Gasteiger partial charge in [0, 0.05) is 48.3 Å². The first kappa shape index (κ1) is 16.3. The van der Waals surface area contributed by atoms with Gasteiger partial charge in [0.2, 0.25) is 0 Å². The van der Waals surface area contributed by atoms with Crippen LogP contribution < -0.4 is 0 Å². The van der Waals surface area contributed by atoms with Gasteiger partial charge in [0.1, 0.15) is 0 Å². The van der Waals surface area contributed by atoms with Crippen molar-refractivity contribution in [2.45, 2.75) is 6.54 Å². The number of hydrogen-bond acceptors (Lipinski definition) is 3. The summed E-state index contributed by atoms with van der Waals surface area (Å²) in [6.45, 7) is 4.66. The lowest BCUT2D eigenvalue weighted by molar-refractivity contribution is 0.131. The molecular weight excluding hydrogens is 329 g/mol. The Labute approximate surface area is 147 Å². The predicted octanol–water partition coefficient (Wildman–Crippen LogP) is 4.15. The van der Waals surface area contributed by atoms with Crippen LogP contribution in [0.15, 0.2) is 53.6 Å². The summed E-state index contributed by atoms with van der Waals surface area (Å²) in [6, 6.07) is 15.8. The van der Waals surface area contributed by atoms with E-state index in [1.54, 1.807) is 0 Å². The molecule has 2 aromatic rings. The van der Waals surface area contributed by atoms with E-state index < -0.39 is 0 Å². The van der Waals surface area contributed by atoms with E-state index in [2.05, 4.69) is 21.1 Å². The topological polar surface area (TPSA) is 18.8 Å². The molecule has 0 aliphatic carbocycles. The van der Waals surface area contributed by atoms with Crippen molar-refractivity contribution >= 4 is 29.4 Å². The highest BCUT2D eigenvalue weighted by Crippen LogP contribution is 2.18. The lowest BCUT2D eigenvalue weighted by Gasteiger charge is -2.33. The zero-order valence-corrected chi connectivity index (χ0v) is 14.3. The lowest BCUT2D eigenvalue weighted by atomic mass is 10.2. The van der Waals surface area contributed by atoms with Crippen LogP contribution in [0.25, 0.3) is 0 Å². The number of nitrogens with zero attached hydrogens (tertiary/aromatic N) is 3. The summed E-state index contributed by atoms with van der Waals surface area (Å²) >= 11 is 12.4. The molecule has 0 amide bonds. The van der Waals surface area contributed by atoms with Crippen molar-refractivity contribution in [3.05, 3.63) is 69.7 Å². The smallest absolute Gasteiger partial charge is 0.0557 e. The normalized spacial score (nSPS) is 16.2. The Hall–Kier alpha value is -1.55. The Morgan fingerprint density at radius 1 is 0.870 bits per heavy atom. The second kappa shape index (κ2) is 7.82. The minimum atomic E-state index is 0.730. The molecule has 1 aliphatic rings. The van der Waals surface area contributed by atoms with E-state index in [1.807, 2.05) is 48.7 Å². The molecule has 0 spiro atoms. The maximum absolute atomic E-state index is 6.23. The highest BCUT2D eigenvalue weighted by Gasteiger charge is 2.16. The van der Waals surface area contributed by atoms with Gasteiger partial charge in [-0.25, -0.2) is 0 Å². The fourth-order valence-corrected chi connectivity index (χ4v) is 2.98. The monoisotopic (exact) mass is 347 g/mol. The van der Waals surface area contributed by atoms with Gasteiger partial charge >= 0.3 is 0 Å². The zero-order chi connectivity index (χ0) is 16.1. The van der Waals surface area contributed by atoms with Gasteiger partial charge in [0.05, 0.1) is 6.21 Å². The highest BCUT2D eigenvalue weighted by molar-refractivity contribution is 6.33. The van der Waals surface area contributed by atoms with Crippen LogP contribution in [0.5, 0.6) is 0 Å². The van der Waals surface area contributed by atoms with Crippen molar-refractivity contribution in [2.75, 3.05) is 26.2 Å². The summed E-state index contributed by atoms with van der Waals surface area (Å²) in [6.07, 6.45) is 1.84. The first-order valence-corrected chi connectivity index (χ1v) is 8.47. The fraction of sp³-hybridized carbons (Fsp3) is 0.278. The largest absolute Gasteiger partial charge is 0.295 e. The van der Waals surface area contributed by atoms with Crippen molar-refractivity contribution in [2.24, 2.45) is 5.10 Å². The molecule has 1 heterocycles. The van der Waals surface area contributed by atoms with Gasteiger partial charge in [-0.2, -0.15) is 5.10 Å². The Morgan fingerprint density at radius 2 is 1.52 bits per heavy atom. The third kappa shape index (κ3) is 4.47. The van der Waals surface area contributed by atoms with E-state index in [-0.39, 0.29) is 0 Å². The van der Waals surface area contributed by atoms with Crippen LogP contribution >= 0.6 is 23.2 Å². The number of hydrogen-bond donors (Lipinski definition) is 0. The molecule has 0 saturated carbocycles. The van der Waals surface area contributed by atoms with Crippen LogP contribution in [0.1, 0.15) is 11.1 Å². The molecular formula is C18H19Cl2N3. The number of benzene rings is 2. The third-order valence-corrected chi connectivity index (χ3v) is 4.68. The summed E-state index contributed by atoms with van der Waals surface area (Å²) < 4.78 is 0. The molecule has 5 heteroatoms. The molecule has 0 aromatic heterocycles. The molecule has 0 bridgehead atoms. The molecule has 120 valence electrons. The van der Waals surface area contributed by atoms with E-state index in [9.17, 15) is 0 Å². The molecule has 3 nitrogen and oxygen atoms in total. The van der Waals surface area contributed by atoms with Crippen molar-refractivity contribution < 1.29 is 0 Å². The summed E-state index contributed by atoms with van der Waals surface area (Å²) in [7, 11) is 0. The van der Waals surface area contributed by atoms with Crippen molar-refractivity contribution in [3.8, 4) is 0 Å². The van der Waals surface area contributed by atoms with Gasteiger partial charge in [0.25, 0.3) is 0 Å². The molecule has 3 rings (SSSR count). The fourth-order valence-electron chi connectivity index (χ4n) is 2.60. The second-order valence-electron chi connectivity index (χ2n) is 5.59. The molecule has 0 unspecified atom stereocenters. The Morgan fingerprint density at radius 3 is 2.22 bits per heavy atom. The SMILES string of the molecule is Clc1ccccc1/C=N\N1CCN(Cc2ccccc2Cl)CC1. The number of rotatable bonds is 4. The summed E-state index contributed by atoms with van der Waals surface area (Å²) in [5, 5.41) is 8.20. The van der Waals surface area contributed by atoms with Gasteiger partial charge in [0.15, 0.2) is 0 Å². The number of piperazine rings is 1. The van der Waals surface area contributed by atoms with E-state index in [0.29, 0.717) is 0 Å². The average Bonchev–Trinajstić information content (AvgIpc) is 2.57. The van der Waals surface area contributed by atoms with Crippen LogP contribution in [0, 0.1) is 0 Å². The Kier molecular flexibility index (Phi) is 5.55. The quantitative estimate of drug-likeness (QED) is 0.773. The summed E-state index contributed by atoms with van der Waals surface area (Å²) in [5.41, 5.74) is 2.13. The van der Waals surface area contributed by atoms with E-state index in [4.69, 9.17) is 23.2 Å². The van der Waals surface area contributed by atoms with Gasteiger partial charge < -0.3 is 0 Å². The summed E-state index contributed by atoms with van der Waals surface area (Å²) in [4.78, 5) is 2.41. The predicted molar refractivity (Wildman–Crippen MR) is 97.3 cm³/mol. The van der Waals surface area contributed by atoms with Crippen LogP contribution in [-0.4, -0.2) is 42.3 Å². The van der Waals surface area contributed by atoms with Gasteiger partial charge in [-0.3, -0.25) is 9.91 Å². The van der Waals surface area contributed by atoms with Crippen LogP contribution in [0.2, 0.25) is 10.0 Å². The number of hydrazone groups is 1. The second-order valence-corrected chi connectivity index (χ2v) is 6.40. The molecule has 0 radical (unpaired) electrons. The average molecular weight is 348 g/mol. The molecule has 0 N–H and O–H groups in total. The van der Waals surface area contributed by atoms with Gasteiger partial charge in [-0.15, -0.1) is 0 Å². The van der Waals surface area contributed by atoms with Crippen LogP contribution in [-0.2, 0) is 6.54 Å². The molecule has 1 saturated heterocycles. The standard InChI is InChI=1S/C18H19Cl2N3/c19-17-7-3-1-5-15(17)13-21-23-11-9-22(10-12-23)14-16-6-2-4-8-18(16)20/h1-8,13H,9-12,14H2/b21-13-. The highest BCUT2D eigenvalue weighted by atomic mass is 35.5. The zero-order valence-electron chi connectivity index (χ0n) is 12.8. The minimum absolute atomic E-state index is 0.730. The molecule has 23 heavy (non-hydrogen) atoms. The molecule has 0 atom stereocenters. The molecule has 1 aliphatic heterocycles. The Balaban J connectivity index is 1.53. The van der Waals surface area contributed by atoms with Gasteiger partial charge in [-0.1, -0.05) is 59.6 Å². The van der Waals surface area contributed by atoms with Gasteiger partial charge in [-0.05, 0) is 17.7 Å². The van der Waals surface area contributed by atoms with Crippen LogP contribution in [0.4, 0.5) is 0 Å². The summed E-state index contributed by atoms with van der Waals surface area (Å²) in [5.74, 6) is 0. The third-order valence-electron chi connectivity index (χ3n) is 3.97. The molecule has 2 aromatic carbocycles. The maximum atomic E-state index is 6.23. The van der Waals surface area contributed by atoms with Crippen molar-refractivity contribution in [3.63, 3.8) is 0 Å². The number of halogens is 2. The van der Waals surface area contributed by atoms with E-state index in [1.165, 1.54) is 5.56 Å². The maximum Gasteiger partial charge on any atom is 0.0557 e. The molecule has 1 fully saturated rings. The van der Waals surface area contributed by atoms with Crippen LogP contribution in [0.3, 0.4) is 0 Å². The van der Waals surface area contributed by atoms with E-state index in [0.717, 1.165) is 48.3 Å². The minimum Gasteiger partial charge on any atom is -0.295 e. The first-order valence-electron chi connectivity index (χ1n) is 7.71. The Bertz CT molecular complexity index is 679. The van der Waals surface area contributed by atoms with Crippen molar-refractivity contribution in [1.29, 1.82) is 0 Å². The van der Waals surface area contributed by atoms with E-state index >= 15 is 0 Å². The van der Waals surface area contributed by atoms with Crippen molar-refractivity contribution in [1.82, 2.24) is 9.91 Å². The lowest BCUT2D eigenvalue weighted by Crippen LogP contribution is -2.43.